The predicted molar refractivity (Wildman–Crippen MR) is 116 cm³/mol. The lowest BCUT2D eigenvalue weighted by Gasteiger charge is -2.24. The average Bonchev–Trinajstić information content (AvgIpc) is 3.07. The number of hydrogen-bond acceptors (Lipinski definition) is 2. The SMILES string of the molecule is COc1ccc(Cn2cc(C(c3ccccc3)N(C)C)c3ccccc32)cc1. The maximum atomic E-state index is 5.29. The van der Waals surface area contributed by atoms with Gasteiger partial charge in [-0.2, -0.15) is 0 Å². The number of aromatic nitrogens is 1. The van der Waals surface area contributed by atoms with Crippen LogP contribution in [0.2, 0.25) is 0 Å². The molecule has 0 aliphatic rings. The molecule has 1 unspecified atom stereocenters. The molecule has 1 aromatic heterocycles. The summed E-state index contributed by atoms with van der Waals surface area (Å²) >= 11 is 0. The molecule has 3 heteroatoms. The minimum absolute atomic E-state index is 0.211. The third-order valence-corrected chi connectivity index (χ3v) is 5.26. The van der Waals surface area contributed by atoms with Gasteiger partial charge in [-0.1, -0.05) is 60.7 Å². The molecule has 0 amide bonds. The lowest BCUT2D eigenvalue weighted by molar-refractivity contribution is 0.343. The van der Waals surface area contributed by atoms with Gasteiger partial charge in [-0.05, 0) is 49.0 Å². The van der Waals surface area contributed by atoms with E-state index in [2.05, 4.69) is 96.5 Å². The maximum Gasteiger partial charge on any atom is 0.118 e. The molecule has 3 nitrogen and oxygen atoms in total. The van der Waals surface area contributed by atoms with Crippen LogP contribution in [0.3, 0.4) is 0 Å². The second-order valence-electron chi connectivity index (χ2n) is 7.35. The number of hydrogen-bond donors (Lipinski definition) is 0. The van der Waals surface area contributed by atoms with Crippen LogP contribution < -0.4 is 4.74 Å². The van der Waals surface area contributed by atoms with E-state index in [-0.39, 0.29) is 6.04 Å². The summed E-state index contributed by atoms with van der Waals surface area (Å²) in [5, 5.41) is 1.30. The Balaban J connectivity index is 1.79. The fourth-order valence-electron chi connectivity index (χ4n) is 3.94. The van der Waals surface area contributed by atoms with Crippen molar-refractivity contribution in [1.82, 2.24) is 9.47 Å². The molecule has 0 N–H and O–H groups in total. The van der Waals surface area contributed by atoms with Crippen LogP contribution in [0.4, 0.5) is 0 Å². The molecule has 1 atom stereocenters. The van der Waals surface area contributed by atoms with Gasteiger partial charge in [-0.25, -0.2) is 0 Å². The minimum atomic E-state index is 0.211. The molecule has 0 saturated carbocycles. The van der Waals surface area contributed by atoms with Crippen molar-refractivity contribution in [2.75, 3.05) is 21.2 Å². The summed E-state index contributed by atoms with van der Waals surface area (Å²) in [5.41, 5.74) is 5.16. The van der Waals surface area contributed by atoms with Gasteiger partial charge in [0.15, 0.2) is 0 Å². The van der Waals surface area contributed by atoms with E-state index in [0.717, 1.165) is 12.3 Å². The average molecular weight is 370 g/mol. The molecule has 28 heavy (non-hydrogen) atoms. The zero-order valence-electron chi connectivity index (χ0n) is 16.7. The van der Waals surface area contributed by atoms with E-state index in [1.54, 1.807) is 7.11 Å². The lowest BCUT2D eigenvalue weighted by atomic mass is 9.97. The van der Waals surface area contributed by atoms with Crippen molar-refractivity contribution in [1.29, 1.82) is 0 Å². The number of para-hydroxylation sites is 1. The van der Waals surface area contributed by atoms with Crippen LogP contribution in [0.25, 0.3) is 10.9 Å². The molecule has 1 heterocycles. The number of ether oxygens (including phenoxy) is 1. The van der Waals surface area contributed by atoms with Crippen LogP contribution in [0, 0.1) is 0 Å². The highest BCUT2D eigenvalue weighted by atomic mass is 16.5. The van der Waals surface area contributed by atoms with Gasteiger partial charge in [0, 0.05) is 23.6 Å². The first-order chi connectivity index (χ1) is 13.7. The molecule has 0 bridgehead atoms. The van der Waals surface area contributed by atoms with Gasteiger partial charge >= 0.3 is 0 Å². The molecule has 0 aliphatic carbocycles. The Labute approximate surface area is 166 Å². The Hall–Kier alpha value is -3.04. The van der Waals surface area contributed by atoms with Gasteiger partial charge in [0.2, 0.25) is 0 Å². The van der Waals surface area contributed by atoms with Gasteiger partial charge in [0.25, 0.3) is 0 Å². The summed E-state index contributed by atoms with van der Waals surface area (Å²) in [7, 11) is 5.99. The predicted octanol–water partition coefficient (Wildman–Crippen LogP) is 5.35. The Bertz CT molecular complexity index is 1050. The van der Waals surface area contributed by atoms with Crippen LogP contribution >= 0.6 is 0 Å². The molecular weight excluding hydrogens is 344 g/mol. The molecule has 0 aliphatic heterocycles. The topological polar surface area (TPSA) is 17.4 Å². The highest BCUT2D eigenvalue weighted by molar-refractivity contribution is 5.85. The monoisotopic (exact) mass is 370 g/mol. The van der Waals surface area contributed by atoms with Crippen molar-refractivity contribution in [3.05, 3.63) is 102 Å². The molecule has 0 spiro atoms. The molecule has 0 radical (unpaired) electrons. The molecule has 4 rings (SSSR count). The van der Waals surface area contributed by atoms with Gasteiger partial charge in [-0.3, -0.25) is 4.90 Å². The van der Waals surface area contributed by atoms with Gasteiger partial charge in [0.1, 0.15) is 5.75 Å². The number of benzene rings is 3. The summed E-state index contributed by atoms with van der Waals surface area (Å²) in [6.45, 7) is 0.833. The minimum Gasteiger partial charge on any atom is -0.497 e. The summed E-state index contributed by atoms with van der Waals surface area (Å²) in [6, 6.07) is 27.9. The first-order valence-electron chi connectivity index (χ1n) is 9.59. The lowest BCUT2D eigenvalue weighted by Crippen LogP contribution is -2.20. The van der Waals surface area contributed by atoms with E-state index in [9.17, 15) is 0 Å². The number of nitrogens with zero attached hydrogens (tertiary/aromatic N) is 2. The zero-order valence-corrected chi connectivity index (χ0v) is 16.7. The standard InChI is InChI=1S/C25H26N2O/c1-26(2)25(20-9-5-4-6-10-20)23-18-27(24-12-8-7-11-22(23)24)17-19-13-15-21(28-3)16-14-19/h4-16,18,25H,17H2,1-3H3. The first-order valence-corrected chi connectivity index (χ1v) is 9.59. The fourth-order valence-corrected chi connectivity index (χ4v) is 3.94. The summed E-state index contributed by atoms with van der Waals surface area (Å²) < 4.78 is 7.64. The van der Waals surface area contributed by atoms with Crippen LogP contribution in [-0.4, -0.2) is 30.7 Å². The molecule has 0 saturated heterocycles. The second kappa shape index (κ2) is 7.91. The quantitative estimate of drug-likeness (QED) is 0.455. The van der Waals surface area contributed by atoms with Gasteiger partial charge in [-0.15, -0.1) is 0 Å². The smallest absolute Gasteiger partial charge is 0.118 e. The zero-order chi connectivity index (χ0) is 19.5. The van der Waals surface area contributed by atoms with Crippen molar-refractivity contribution < 1.29 is 4.74 Å². The maximum absolute atomic E-state index is 5.29. The molecule has 3 aromatic carbocycles. The molecule has 4 aromatic rings. The normalized spacial score (nSPS) is 12.4. The fraction of sp³-hybridized carbons (Fsp3) is 0.200. The van der Waals surface area contributed by atoms with E-state index in [1.165, 1.54) is 27.6 Å². The van der Waals surface area contributed by atoms with Crippen LogP contribution in [0.1, 0.15) is 22.7 Å². The van der Waals surface area contributed by atoms with Crippen molar-refractivity contribution in [2.24, 2.45) is 0 Å². The van der Waals surface area contributed by atoms with Gasteiger partial charge < -0.3 is 9.30 Å². The van der Waals surface area contributed by atoms with E-state index in [0.29, 0.717) is 0 Å². The van der Waals surface area contributed by atoms with Crippen molar-refractivity contribution >= 4 is 10.9 Å². The number of fused-ring (bicyclic) bond motifs is 1. The van der Waals surface area contributed by atoms with Crippen LogP contribution in [0.15, 0.2) is 85.1 Å². The number of rotatable bonds is 6. The largest absolute Gasteiger partial charge is 0.497 e. The first kappa shape index (κ1) is 18.3. The van der Waals surface area contributed by atoms with Crippen LogP contribution in [-0.2, 0) is 6.54 Å². The van der Waals surface area contributed by atoms with Gasteiger partial charge in [0.05, 0.1) is 13.2 Å². The Kier molecular flexibility index (Phi) is 5.18. The highest BCUT2D eigenvalue weighted by Gasteiger charge is 2.21. The third kappa shape index (κ3) is 3.54. The van der Waals surface area contributed by atoms with E-state index in [1.807, 2.05) is 12.1 Å². The van der Waals surface area contributed by atoms with Crippen molar-refractivity contribution in [2.45, 2.75) is 12.6 Å². The van der Waals surface area contributed by atoms with E-state index >= 15 is 0 Å². The van der Waals surface area contributed by atoms with E-state index in [4.69, 9.17) is 4.74 Å². The van der Waals surface area contributed by atoms with Crippen molar-refractivity contribution in [3.8, 4) is 5.75 Å². The van der Waals surface area contributed by atoms with E-state index < -0.39 is 0 Å². The number of methoxy groups -OCH3 is 1. The van der Waals surface area contributed by atoms with Crippen molar-refractivity contribution in [3.63, 3.8) is 0 Å². The summed E-state index contributed by atoms with van der Waals surface area (Å²) in [4.78, 5) is 2.29. The molecule has 142 valence electrons. The molecule has 0 fully saturated rings. The highest BCUT2D eigenvalue weighted by Crippen LogP contribution is 2.34. The van der Waals surface area contributed by atoms with Crippen LogP contribution in [0.5, 0.6) is 5.75 Å². The molecular formula is C25H26N2O. The Morgan fingerprint density at radius 3 is 2.21 bits per heavy atom. The second-order valence-corrected chi connectivity index (χ2v) is 7.35. The Morgan fingerprint density at radius 2 is 1.54 bits per heavy atom. The Morgan fingerprint density at radius 1 is 0.857 bits per heavy atom. The summed E-state index contributed by atoms with van der Waals surface area (Å²) in [6.07, 6.45) is 2.31. The summed E-state index contributed by atoms with van der Waals surface area (Å²) in [5.74, 6) is 0.888. The third-order valence-electron chi connectivity index (χ3n) is 5.26.